The Hall–Kier alpha value is -0.840. The summed E-state index contributed by atoms with van der Waals surface area (Å²) in [6, 6.07) is 0. The van der Waals surface area contributed by atoms with Crippen LogP contribution >= 0.6 is 11.8 Å². The molecule has 1 aliphatic carbocycles. The molecule has 0 unspecified atom stereocenters. The highest BCUT2D eigenvalue weighted by molar-refractivity contribution is 7.99. The van der Waals surface area contributed by atoms with Crippen LogP contribution < -0.4 is 0 Å². The molecule has 2 rings (SSSR count). The van der Waals surface area contributed by atoms with Crippen molar-refractivity contribution in [3.05, 3.63) is 11.7 Å². The monoisotopic (exact) mass is 282 g/mol. The Bertz CT molecular complexity index is 411. The summed E-state index contributed by atoms with van der Waals surface area (Å²) < 4.78 is 5.14. The number of rotatable bonds is 7. The van der Waals surface area contributed by atoms with Crippen LogP contribution in [-0.2, 0) is 17.0 Å². The zero-order chi connectivity index (χ0) is 13.7. The molecule has 0 aromatic carbocycles. The Balaban J connectivity index is 1.76. The first-order valence-electron chi connectivity index (χ1n) is 7.08. The van der Waals surface area contributed by atoms with Crippen molar-refractivity contribution in [3.63, 3.8) is 0 Å². The molecule has 0 bridgehead atoms. The van der Waals surface area contributed by atoms with E-state index in [1.807, 2.05) is 25.6 Å². The third kappa shape index (κ3) is 4.97. The number of aromatic nitrogens is 2. The van der Waals surface area contributed by atoms with Gasteiger partial charge in [0.05, 0.1) is 12.2 Å². The second kappa shape index (κ2) is 7.08. The van der Waals surface area contributed by atoms with Crippen LogP contribution in [0.5, 0.6) is 0 Å². The normalized spacial score (nSPS) is 16.4. The molecule has 0 N–H and O–H groups in total. The number of thioether (sulfide) groups is 1. The van der Waals surface area contributed by atoms with Crippen LogP contribution in [0, 0.1) is 5.92 Å². The minimum absolute atomic E-state index is 0.175. The van der Waals surface area contributed by atoms with E-state index in [4.69, 9.17) is 4.52 Å². The molecule has 1 heterocycles. The maximum Gasteiger partial charge on any atom is 0.234 e. The molecule has 0 radical (unpaired) electrons. The summed E-state index contributed by atoms with van der Waals surface area (Å²) in [5.41, 5.74) is 0. The summed E-state index contributed by atoms with van der Waals surface area (Å²) in [5.74, 6) is 2.55. The standard InChI is InChI=1S/C14H22N2O2S/c1-10(2)7-11(17)8-14-15-13(16-18-14)9-19-12-5-3-4-6-12/h10,12H,3-9H2,1-2H3. The molecular formula is C14H22N2O2S. The molecule has 1 fully saturated rings. The lowest BCUT2D eigenvalue weighted by Crippen LogP contribution is -2.06. The Labute approximate surface area is 118 Å². The number of ketones is 1. The van der Waals surface area contributed by atoms with Gasteiger partial charge in [0.1, 0.15) is 5.78 Å². The number of nitrogens with zero attached hydrogens (tertiary/aromatic N) is 2. The van der Waals surface area contributed by atoms with Crippen molar-refractivity contribution in [2.45, 2.75) is 63.4 Å². The molecule has 0 saturated heterocycles. The Morgan fingerprint density at radius 1 is 1.42 bits per heavy atom. The molecule has 106 valence electrons. The van der Waals surface area contributed by atoms with Gasteiger partial charge in [0.25, 0.3) is 0 Å². The molecule has 19 heavy (non-hydrogen) atoms. The Kier molecular flexibility index (Phi) is 5.43. The first-order valence-corrected chi connectivity index (χ1v) is 8.13. The zero-order valence-electron chi connectivity index (χ0n) is 11.7. The minimum Gasteiger partial charge on any atom is -0.339 e. The second-order valence-electron chi connectivity index (χ2n) is 5.64. The lowest BCUT2D eigenvalue weighted by Gasteiger charge is -2.04. The molecule has 1 aromatic heterocycles. The van der Waals surface area contributed by atoms with Gasteiger partial charge in [-0.1, -0.05) is 31.8 Å². The highest BCUT2D eigenvalue weighted by atomic mass is 32.2. The smallest absolute Gasteiger partial charge is 0.234 e. The van der Waals surface area contributed by atoms with Crippen LogP contribution in [0.1, 0.15) is 57.7 Å². The Morgan fingerprint density at radius 2 is 2.16 bits per heavy atom. The van der Waals surface area contributed by atoms with Crippen molar-refractivity contribution >= 4 is 17.5 Å². The van der Waals surface area contributed by atoms with Crippen LogP contribution in [0.4, 0.5) is 0 Å². The van der Waals surface area contributed by atoms with Crippen molar-refractivity contribution in [3.8, 4) is 0 Å². The quantitative estimate of drug-likeness (QED) is 0.767. The molecule has 1 aromatic rings. The van der Waals surface area contributed by atoms with Gasteiger partial charge in [-0.25, -0.2) is 0 Å². The van der Waals surface area contributed by atoms with Gasteiger partial charge in [0.2, 0.25) is 5.89 Å². The van der Waals surface area contributed by atoms with Crippen molar-refractivity contribution in [2.75, 3.05) is 0 Å². The average Bonchev–Trinajstić information content (AvgIpc) is 2.95. The minimum atomic E-state index is 0.175. The summed E-state index contributed by atoms with van der Waals surface area (Å²) >= 11 is 1.91. The summed E-state index contributed by atoms with van der Waals surface area (Å²) in [5, 5.41) is 4.70. The van der Waals surface area contributed by atoms with E-state index >= 15 is 0 Å². The van der Waals surface area contributed by atoms with Gasteiger partial charge < -0.3 is 4.52 Å². The Morgan fingerprint density at radius 3 is 2.84 bits per heavy atom. The summed E-state index contributed by atoms with van der Waals surface area (Å²) in [7, 11) is 0. The molecule has 0 spiro atoms. The lowest BCUT2D eigenvalue weighted by atomic mass is 10.1. The van der Waals surface area contributed by atoms with E-state index in [0.717, 1.165) is 16.8 Å². The lowest BCUT2D eigenvalue weighted by molar-refractivity contribution is -0.119. The van der Waals surface area contributed by atoms with Crippen LogP contribution in [0.25, 0.3) is 0 Å². The van der Waals surface area contributed by atoms with Gasteiger partial charge in [-0.2, -0.15) is 16.7 Å². The van der Waals surface area contributed by atoms with E-state index in [-0.39, 0.29) is 12.2 Å². The fraction of sp³-hybridized carbons (Fsp3) is 0.786. The topological polar surface area (TPSA) is 56.0 Å². The molecule has 0 atom stereocenters. The highest BCUT2D eigenvalue weighted by Crippen LogP contribution is 2.30. The fourth-order valence-corrected chi connectivity index (χ4v) is 3.53. The van der Waals surface area contributed by atoms with E-state index < -0.39 is 0 Å². The largest absolute Gasteiger partial charge is 0.339 e. The van der Waals surface area contributed by atoms with Crippen LogP contribution in [-0.4, -0.2) is 21.2 Å². The molecule has 1 aliphatic rings. The molecular weight excluding hydrogens is 260 g/mol. The number of hydrogen-bond acceptors (Lipinski definition) is 5. The van der Waals surface area contributed by atoms with Gasteiger partial charge in [-0.3, -0.25) is 4.79 Å². The van der Waals surface area contributed by atoms with Gasteiger partial charge in [-0.15, -0.1) is 0 Å². The van der Waals surface area contributed by atoms with Crippen LogP contribution in [0.3, 0.4) is 0 Å². The van der Waals surface area contributed by atoms with E-state index in [0.29, 0.717) is 18.2 Å². The van der Waals surface area contributed by atoms with Crippen molar-refractivity contribution < 1.29 is 9.32 Å². The average molecular weight is 282 g/mol. The summed E-state index contributed by atoms with van der Waals surface area (Å²) in [6.07, 6.45) is 6.16. The van der Waals surface area contributed by atoms with E-state index in [1.54, 1.807) is 0 Å². The van der Waals surface area contributed by atoms with Gasteiger partial charge in [0, 0.05) is 11.7 Å². The molecule has 0 amide bonds. The second-order valence-corrected chi connectivity index (χ2v) is 6.92. The first kappa shape index (κ1) is 14.6. The SMILES string of the molecule is CC(C)CC(=O)Cc1nc(CSC2CCCC2)no1. The van der Waals surface area contributed by atoms with E-state index in [9.17, 15) is 4.79 Å². The van der Waals surface area contributed by atoms with E-state index in [2.05, 4.69) is 10.1 Å². The number of Topliss-reactive ketones (excluding diaryl/α,β-unsaturated/α-hetero) is 1. The van der Waals surface area contributed by atoms with Crippen molar-refractivity contribution in [2.24, 2.45) is 5.92 Å². The number of carbonyl (C=O) groups is 1. The van der Waals surface area contributed by atoms with Crippen LogP contribution in [0.15, 0.2) is 4.52 Å². The van der Waals surface area contributed by atoms with Gasteiger partial charge >= 0.3 is 0 Å². The predicted molar refractivity (Wildman–Crippen MR) is 76.0 cm³/mol. The maximum atomic E-state index is 11.7. The molecule has 4 nitrogen and oxygen atoms in total. The van der Waals surface area contributed by atoms with Gasteiger partial charge in [0.15, 0.2) is 5.82 Å². The van der Waals surface area contributed by atoms with Crippen molar-refractivity contribution in [1.82, 2.24) is 10.1 Å². The zero-order valence-corrected chi connectivity index (χ0v) is 12.5. The highest BCUT2D eigenvalue weighted by Gasteiger charge is 2.17. The number of hydrogen-bond donors (Lipinski definition) is 0. The molecule has 0 aliphatic heterocycles. The maximum absolute atomic E-state index is 11.7. The molecule has 5 heteroatoms. The van der Waals surface area contributed by atoms with Crippen molar-refractivity contribution in [1.29, 1.82) is 0 Å². The predicted octanol–water partition coefficient (Wildman–Crippen LogP) is 3.40. The van der Waals surface area contributed by atoms with Gasteiger partial charge in [-0.05, 0) is 18.8 Å². The fourth-order valence-electron chi connectivity index (χ4n) is 2.36. The third-order valence-corrected chi connectivity index (χ3v) is 4.61. The first-order chi connectivity index (χ1) is 9.13. The molecule has 1 saturated carbocycles. The van der Waals surface area contributed by atoms with Crippen LogP contribution in [0.2, 0.25) is 0 Å². The van der Waals surface area contributed by atoms with E-state index in [1.165, 1.54) is 25.7 Å². The number of carbonyl (C=O) groups excluding carboxylic acids is 1. The summed E-state index contributed by atoms with van der Waals surface area (Å²) in [4.78, 5) is 16.0. The third-order valence-electron chi connectivity index (χ3n) is 3.24. The summed E-state index contributed by atoms with van der Waals surface area (Å²) in [6.45, 7) is 4.07.